The topological polar surface area (TPSA) is 77.8 Å². The van der Waals surface area contributed by atoms with E-state index in [2.05, 4.69) is 47.0 Å². The van der Waals surface area contributed by atoms with Gasteiger partial charge in [0.1, 0.15) is 5.69 Å². The van der Waals surface area contributed by atoms with Crippen LogP contribution in [0.25, 0.3) is 23.0 Å². The molecular weight excluding hydrogens is 400 g/mol. The van der Waals surface area contributed by atoms with Crippen LogP contribution in [0.4, 0.5) is 5.69 Å². The fraction of sp³-hybridized carbons (Fsp3) is 0.0714. The molecule has 0 bridgehead atoms. The van der Waals surface area contributed by atoms with E-state index in [4.69, 9.17) is 10.3 Å². The number of benzene rings is 1. The van der Waals surface area contributed by atoms with Crippen molar-refractivity contribution >= 4 is 37.5 Å². The van der Waals surface area contributed by atoms with Gasteiger partial charge in [0.05, 0.1) is 0 Å². The maximum Gasteiger partial charge on any atom is 0.258 e. The Morgan fingerprint density at radius 3 is 2.76 bits per heavy atom. The number of anilines is 1. The molecular formula is C14H10Br2N4O. The molecule has 21 heavy (non-hydrogen) atoms. The van der Waals surface area contributed by atoms with Crippen LogP contribution in [0.3, 0.4) is 0 Å². The molecule has 0 amide bonds. The van der Waals surface area contributed by atoms with Crippen molar-refractivity contribution < 1.29 is 4.52 Å². The second kappa shape index (κ2) is 5.57. The first kappa shape index (κ1) is 14.2. The predicted molar refractivity (Wildman–Crippen MR) is 87.5 cm³/mol. The predicted octanol–water partition coefficient (Wildman–Crippen LogP) is 4.21. The summed E-state index contributed by atoms with van der Waals surface area (Å²) in [5.74, 6) is 0.845. The largest absolute Gasteiger partial charge is 0.399 e. The van der Waals surface area contributed by atoms with Crippen LogP contribution in [-0.4, -0.2) is 15.1 Å². The van der Waals surface area contributed by atoms with Gasteiger partial charge in [-0.2, -0.15) is 4.98 Å². The highest BCUT2D eigenvalue weighted by atomic mass is 79.9. The minimum Gasteiger partial charge on any atom is -0.399 e. The lowest BCUT2D eigenvalue weighted by Crippen LogP contribution is -1.90. The van der Waals surface area contributed by atoms with Gasteiger partial charge < -0.3 is 10.3 Å². The lowest BCUT2D eigenvalue weighted by molar-refractivity contribution is 0.432. The first-order valence-corrected chi connectivity index (χ1v) is 7.65. The maximum atomic E-state index is 5.81. The van der Waals surface area contributed by atoms with Crippen LogP contribution in [0, 0.1) is 6.92 Å². The van der Waals surface area contributed by atoms with Crippen LogP contribution in [-0.2, 0) is 0 Å². The molecule has 0 saturated carbocycles. The van der Waals surface area contributed by atoms with Gasteiger partial charge in [-0.15, -0.1) is 0 Å². The number of rotatable bonds is 2. The van der Waals surface area contributed by atoms with Gasteiger partial charge in [-0.3, -0.25) is 4.98 Å². The Hall–Kier alpha value is -1.73. The summed E-state index contributed by atoms with van der Waals surface area (Å²) in [6.07, 6.45) is 1.68. The Balaban J connectivity index is 2.06. The van der Waals surface area contributed by atoms with Crippen LogP contribution in [0.2, 0.25) is 0 Å². The van der Waals surface area contributed by atoms with E-state index in [0.29, 0.717) is 23.1 Å². The zero-order chi connectivity index (χ0) is 15.0. The highest BCUT2D eigenvalue weighted by molar-refractivity contribution is 9.11. The summed E-state index contributed by atoms with van der Waals surface area (Å²) < 4.78 is 6.99. The molecule has 0 aliphatic rings. The molecule has 3 aromatic rings. The molecule has 0 atom stereocenters. The van der Waals surface area contributed by atoms with Gasteiger partial charge in [0.15, 0.2) is 0 Å². The van der Waals surface area contributed by atoms with Crippen molar-refractivity contribution in [2.75, 3.05) is 5.73 Å². The van der Waals surface area contributed by atoms with Crippen LogP contribution >= 0.6 is 31.9 Å². The minimum absolute atomic E-state index is 0.422. The number of aromatic nitrogens is 3. The van der Waals surface area contributed by atoms with E-state index in [0.717, 1.165) is 20.1 Å². The van der Waals surface area contributed by atoms with Gasteiger partial charge in [0.25, 0.3) is 5.89 Å². The van der Waals surface area contributed by atoms with Crippen molar-refractivity contribution in [3.05, 3.63) is 45.0 Å². The summed E-state index contributed by atoms with van der Waals surface area (Å²) in [6, 6.07) is 7.45. The number of aryl methyl sites for hydroxylation is 1. The molecule has 0 fully saturated rings. The molecule has 7 heteroatoms. The van der Waals surface area contributed by atoms with Gasteiger partial charge in [-0.25, -0.2) is 0 Å². The van der Waals surface area contributed by atoms with Gasteiger partial charge in [0.2, 0.25) is 5.82 Å². The average Bonchev–Trinajstić information content (AvgIpc) is 2.91. The highest BCUT2D eigenvalue weighted by Gasteiger charge is 2.16. The summed E-state index contributed by atoms with van der Waals surface area (Å²) in [7, 11) is 0. The van der Waals surface area contributed by atoms with Gasteiger partial charge in [-0.05, 0) is 62.5 Å². The summed E-state index contributed by atoms with van der Waals surface area (Å²) in [4.78, 5) is 8.69. The molecule has 2 heterocycles. The van der Waals surface area contributed by atoms with E-state index in [1.165, 1.54) is 0 Å². The second-order valence-electron chi connectivity index (χ2n) is 4.48. The first-order valence-electron chi connectivity index (χ1n) is 6.06. The van der Waals surface area contributed by atoms with Crippen molar-refractivity contribution in [3.8, 4) is 23.0 Å². The number of nitrogens with zero attached hydrogens (tertiary/aromatic N) is 3. The zero-order valence-corrected chi connectivity index (χ0v) is 14.1. The Kier molecular flexibility index (Phi) is 3.77. The lowest BCUT2D eigenvalue weighted by Gasteiger charge is -2.01. The van der Waals surface area contributed by atoms with E-state index < -0.39 is 0 Å². The Labute approximate surface area is 137 Å². The number of hydrogen-bond donors (Lipinski definition) is 1. The molecule has 2 N–H and O–H groups in total. The number of nitrogens with two attached hydrogens (primary N) is 1. The lowest BCUT2D eigenvalue weighted by atomic mass is 10.1. The fourth-order valence-electron chi connectivity index (χ4n) is 1.88. The third kappa shape index (κ3) is 2.84. The SMILES string of the molecule is Cc1ccc(N)cc1-c1nc(-c2ncc(Br)cc2Br)no1. The molecule has 2 aromatic heterocycles. The fourth-order valence-corrected chi connectivity index (χ4v) is 3.04. The Bertz CT molecular complexity index is 816. The van der Waals surface area contributed by atoms with E-state index in [9.17, 15) is 0 Å². The van der Waals surface area contributed by atoms with E-state index in [1.54, 1.807) is 6.20 Å². The normalized spacial score (nSPS) is 10.8. The smallest absolute Gasteiger partial charge is 0.258 e. The summed E-state index contributed by atoms with van der Waals surface area (Å²) >= 11 is 6.80. The van der Waals surface area contributed by atoms with Gasteiger partial charge >= 0.3 is 0 Å². The van der Waals surface area contributed by atoms with Crippen molar-refractivity contribution in [3.63, 3.8) is 0 Å². The van der Waals surface area contributed by atoms with Crippen molar-refractivity contribution in [2.45, 2.75) is 6.92 Å². The van der Waals surface area contributed by atoms with Crippen molar-refractivity contribution in [1.29, 1.82) is 0 Å². The van der Waals surface area contributed by atoms with Crippen LogP contribution < -0.4 is 5.73 Å². The quantitative estimate of drug-likeness (QED) is 0.641. The Morgan fingerprint density at radius 1 is 1.19 bits per heavy atom. The molecule has 0 saturated heterocycles. The average molecular weight is 410 g/mol. The monoisotopic (exact) mass is 408 g/mol. The summed E-state index contributed by atoms with van der Waals surface area (Å²) in [5.41, 5.74) is 8.92. The Morgan fingerprint density at radius 2 is 2.00 bits per heavy atom. The minimum atomic E-state index is 0.422. The van der Waals surface area contributed by atoms with E-state index in [-0.39, 0.29) is 0 Å². The number of halogens is 2. The standard InChI is InChI=1S/C14H10Br2N4O/c1-7-2-3-9(17)5-10(7)14-19-13(20-21-14)12-11(16)4-8(15)6-18-12/h2-6H,17H2,1H3. The van der Waals surface area contributed by atoms with E-state index in [1.807, 2.05) is 31.2 Å². The molecule has 1 aromatic carbocycles. The number of pyridine rings is 1. The third-order valence-electron chi connectivity index (χ3n) is 2.94. The number of nitrogen functional groups attached to an aromatic ring is 1. The maximum absolute atomic E-state index is 5.81. The number of hydrogen-bond acceptors (Lipinski definition) is 5. The third-order valence-corrected chi connectivity index (χ3v) is 3.98. The summed E-state index contributed by atoms with van der Waals surface area (Å²) in [6.45, 7) is 1.96. The molecule has 0 unspecified atom stereocenters. The van der Waals surface area contributed by atoms with Crippen molar-refractivity contribution in [2.24, 2.45) is 0 Å². The van der Waals surface area contributed by atoms with Crippen LogP contribution in [0.1, 0.15) is 5.56 Å². The van der Waals surface area contributed by atoms with Crippen LogP contribution in [0.15, 0.2) is 43.9 Å². The molecule has 3 rings (SSSR count). The molecule has 0 aliphatic heterocycles. The zero-order valence-electron chi connectivity index (χ0n) is 11.0. The van der Waals surface area contributed by atoms with Gasteiger partial charge in [0, 0.05) is 26.4 Å². The molecule has 106 valence electrons. The van der Waals surface area contributed by atoms with Gasteiger partial charge in [-0.1, -0.05) is 11.2 Å². The van der Waals surface area contributed by atoms with E-state index >= 15 is 0 Å². The molecule has 0 spiro atoms. The second-order valence-corrected chi connectivity index (χ2v) is 6.25. The molecule has 5 nitrogen and oxygen atoms in total. The first-order chi connectivity index (χ1) is 10.0. The van der Waals surface area contributed by atoms with Crippen molar-refractivity contribution in [1.82, 2.24) is 15.1 Å². The molecule has 0 radical (unpaired) electrons. The highest BCUT2D eigenvalue weighted by Crippen LogP contribution is 2.29. The summed E-state index contributed by atoms with van der Waals surface area (Å²) in [5, 5.41) is 3.99. The molecule has 0 aliphatic carbocycles. The van der Waals surface area contributed by atoms with Crippen LogP contribution in [0.5, 0.6) is 0 Å².